The predicted molar refractivity (Wildman–Crippen MR) is 99.9 cm³/mol. The van der Waals surface area contributed by atoms with Gasteiger partial charge in [0.1, 0.15) is 0 Å². The molecule has 2 N–H and O–H groups in total. The van der Waals surface area contributed by atoms with Gasteiger partial charge in [0.15, 0.2) is 0 Å². The molecule has 3 unspecified atom stereocenters. The average molecular weight is 349 g/mol. The smallest absolute Gasteiger partial charge is 0.323 e. The summed E-state index contributed by atoms with van der Waals surface area (Å²) in [6.45, 7) is 9.90. The molecule has 0 aromatic carbocycles. The molecule has 0 saturated carbocycles. The van der Waals surface area contributed by atoms with Gasteiger partial charge in [-0.25, -0.2) is 0 Å². The van der Waals surface area contributed by atoms with Crippen LogP contribution < -0.4 is 5.32 Å². The number of hydrogen-bond acceptors (Lipinski definition) is 3. The van der Waals surface area contributed by atoms with E-state index in [2.05, 4.69) is 33.0 Å². The third kappa shape index (κ3) is 13.1. The second-order valence-corrected chi connectivity index (χ2v) is 8.61. The molecule has 0 amide bonds. The van der Waals surface area contributed by atoms with E-state index in [-0.39, 0.29) is 6.29 Å². The van der Waals surface area contributed by atoms with Gasteiger partial charge in [-0.15, -0.1) is 0 Å². The minimum Gasteiger partial charge on any atom is -0.323 e. The zero-order valence-corrected chi connectivity index (χ0v) is 16.7. The van der Waals surface area contributed by atoms with Gasteiger partial charge < -0.3 is 14.7 Å². The molecule has 3 atom stereocenters. The Kier molecular flexibility index (Phi) is 14.5. The quantitative estimate of drug-likeness (QED) is 0.358. The fraction of sp³-hybridized carbons (Fsp3) is 1.00. The number of nitrogens with one attached hydrogen (secondary N) is 1. The van der Waals surface area contributed by atoms with Gasteiger partial charge in [0.05, 0.1) is 12.9 Å². The van der Waals surface area contributed by atoms with Crippen LogP contribution in [0.5, 0.6) is 0 Å². The molecule has 0 aromatic rings. The molecule has 0 heterocycles. The lowest BCUT2D eigenvalue weighted by Crippen LogP contribution is -2.25. The first-order chi connectivity index (χ1) is 11.0. The van der Waals surface area contributed by atoms with Crippen LogP contribution in [0.3, 0.4) is 0 Å². The van der Waals surface area contributed by atoms with E-state index in [1.165, 1.54) is 32.1 Å². The third-order valence-electron chi connectivity index (χ3n) is 4.46. The Morgan fingerprint density at radius 2 is 1.57 bits per heavy atom. The van der Waals surface area contributed by atoms with Crippen LogP contribution in [-0.2, 0) is 9.09 Å². The van der Waals surface area contributed by atoms with Crippen molar-refractivity contribution < 1.29 is 14.0 Å². The fourth-order valence-corrected chi connectivity index (χ4v) is 3.77. The normalized spacial score (nSPS) is 16.9. The van der Waals surface area contributed by atoms with Crippen LogP contribution in [0.1, 0.15) is 85.5 Å². The van der Waals surface area contributed by atoms with Gasteiger partial charge in [0.25, 0.3) is 0 Å². The highest BCUT2D eigenvalue weighted by Crippen LogP contribution is 2.41. The summed E-state index contributed by atoms with van der Waals surface area (Å²) in [4.78, 5) is 9.97. The van der Waals surface area contributed by atoms with E-state index in [0.29, 0.717) is 18.4 Å². The van der Waals surface area contributed by atoms with Crippen LogP contribution in [0.15, 0.2) is 0 Å². The molecule has 0 fully saturated rings. The zero-order chi connectivity index (χ0) is 17.6. The van der Waals surface area contributed by atoms with E-state index in [1.54, 1.807) is 0 Å². The van der Waals surface area contributed by atoms with Crippen LogP contribution in [0, 0.1) is 11.8 Å². The maximum atomic E-state index is 12.1. The van der Waals surface area contributed by atoms with Crippen molar-refractivity contribution in [2.75, 3.05) is 19.4 Å². The summed E-state index contributed by atoms with van der Waals surface area (Å²) in [5.41, 5.74) is 0. The lowest BCUT2D eigenvalue weighted by molar-refractivity contribution is 0.202. The molecular formula is C18H40NO3P. The van der Waals surface area contributed by atoms with Crippen LogP contribution >= 0.6 is 7.60 Å². The highest BCUT2D eigenvalue weighted by atomic mass is 31.2. The Labute approximate surface area is 144 Å². The standard InChI is InChI=1S/C18H40NO3P/c1-5-9-12-17(8-4)15-22-23(20,21)16-19-14-18(11-7-3)13-10-6-2/h17-19H,5-16H2,1-4H3,(H,20,21). The molecule has 140 valence electrons. The van der Waals surface area contributed by atoms with Gasteiger partial charge >= 0.3 is 7.60 Å². The second kappa shape index (κ2) is 14.5. The Morgan fingerprint density at radius 1 is 0.957 bits per heavy atom. The first-order valence-electron chi connectivity index (χ1n) is 9.66. The first-order valence-corrected chi connectivity index (χ1v) is 11.4. The highest BCUT2D eigenvalue weighted by molar-refractivity contribution is 7.52. The van der Waals surface area contributed by atoms with Crippen molar-refractivity contribution in [1.82, 2.24) is 5.32 Å². The Balaban J connectivity index is 4.06. The van der Waals surface area contributed by atoms with E-state index < -0.39 is 7.60 Å². The van der Waals surface area contributed by atoms with E-state index in [4.69, 9.17) is 4.52 Å². The summed E-state index contributed by atoms with van der Waals surface area (Å²) >= 11 is 0. The van der Waals surface area contributed by atoms with Gasteiger partial charge in [-0.2, -0.15) is 0 Å². The molecule has 4 nitrogen and oxygen atoms in total. The van der Waals surface area contributed by atoms with Crippen molar-refractivity contribution in [3.8, 4) is 0 Å². The maximum absolute atomic E-state index is 12.1. The molecule has 0 bridgehead atoms. The summed E-state index contributed by atoms with van der Waals surface area (Å²) < 4.78 is 17.5. The lowest BCUT2D eigenvalue weighted by Gasteiger charge is -2.20. The number of unbranched alkanes of at least 4 members (excludes halogenated alkanes) is 2. The Hall–Kier alpha value is 0.110. The summed E-state index contributed by atoms with van der Waals surface area (Å²) in [7, 11) is -3.50. The number of rotatable bonds is 16. The van der Waals surface area contributed by atoms with E-state index in [9.17, 15) is 9.46 Å². The minimum atomic E-state index is -3.50. The molecule has 0 aliphatic carbocycles. The van der Waals surface area contributed by atoms with Crippen LogP contribution in [-0.4, -0.2) is 24.3 Å². The van der Waals surface area contributed by atoms with Crippen molar-refractivity contribution >= 4 is 7.60 Å². The van der Waals surface area contributed by atoms with Gasteiger partial charge in [-0.05, 0) is 37.6 Å². The average Bonchev–Trinajstić information content (AvgIpc) is 2.52. The molecular weight excluding hydrogens is 309 g/mol. The number of hydrogen-bond donors (Lipinski definition) is 2. The van der Waals surface area contributed by atoms with Crippen molar-refractivity contribution in [3.63, 3.8) is 0 Å². The third-order valence-corrected chi connectivity index (χ3v) is 5.64. The first kappa shape index (κ1) is 23.1. The Morgan fingerprint density at radius 3 is 2.09 bits per heavy atom. The molecule has 0 saturated heterocycles. The van der Waals surface area contributed by atoms with Crippen molar-refractivity contribution in [2.24, 2.45) is 11.8 Å². The molecule has 0 spiro atoms. The Bertz CT molecular complexity index is 313. The molecule has 0 aliphatic heterocycles. The lowest BCUT2D eigenvalue weighted by atomic mass is 9.97. The van der Waals surface area contributed by atoms with Gasteiger partial charge in [0, 0.05) is 0 Å². The molecule has 0 rings (SSSR count). The summed E-state index contributed by atoms with van der Waals surface area (Å²) in [6.07, 6.45) is 10.5. The molecule has 0 radical (unpaired) electrons. The second-order valence-electron chi connectivity index (χ2n) is 6.76. The minimum absolute atomic E-state index is 0.0730. The van der Waals surface area contributed by atoms with E-state index in [1.807, 2.05) is 0 Å². The molecule has 23 heavy (non-hydrogen) atoms. The predicted octanol–water partition coefficient (Wildman–Crippen LogP) is 5.56. The van der Waals surface area contributed by atoms with Crippen molar-refractivity contribution in [1.29, 1.82) is 0 Å². The maximum Gasteiger partial charge on any atom is 0.341 e. The van der Waals surface area contributed by atoms with Gasteiger partial charge in [-0.3, -0.25) is 4.57 Å². The summed E-state index contributed by atoms with van der Waals surface area (Å²) in [5.74, 6) is 1.00. The van der Waals surface area contributed by atoms with Crippen molar-refractivity contribution in [3.05, 3.63) is 0 Å². The van der Waals surface area contributed by atoms with Crippen LogP contribution in [0.4, 0.5) is 0 Å². The SMILES string of the molecule is CCCCC(CCC)CNCP(=O)(O)OCC(CC)CCCC. The van der Waals surface area contributed by atoms with E-state index in [0.717, 1.165) is 32.2 Å². The zero-order valence-electron chi connectivity index (χ0n) is 15.9. The summed E-state index contributed by atoms with van der Waals surface area (Å²) in [5, 5.41) is 3.17. The van der Waals surface area contributed by atoms with Gasteiger partial charge in [0.2, 0.25) is 0 Å². The van der Waals surface area contributed by atoms with Crippen molar-refractivity contribution in [2.45, 2.75) is 85.5 Å². The van der Waals surface area contributed by atoms with Gasteiger partial charge in [-0.1, -0.05) is 66.2 Å². The summed E-state index contributed by atoms with van der Waals surface area (Å²) in [6, 6.07) is 0. The highest BCUT2D eigenvalue weighted by Gasteiger charge is 2.21. The fourth-order valence-electron chi connectivity index (χ4n) is 2.83. The topological polar surface area (TPSA) is 58.6 Å². The van der Waals surface area contributed by atoms with E-state index >= 15 is 0 Å². The van der Waals surface area contributed by atoms with Crippen LogP contribution in [0.2, 0.25) is 0 Å². The van der Waals surface area contributed by atoms with Crippen LogP contribution in [0.25, 0.3) is 0 Å². The molecule has 0 aliphatic rings. The molecule has 0 aromatic heterocycles. The monoisotopic (exact) mass is 349 g/mol. The molecule has 5 heteroatoms. The largest absolute Gasteiger partial charge is 0.341 e.